The van der Waals surface area contributed by atoms with Gasteiger partial charge >= 0.3 is 0 Å². The molecular formula is C12H18BrN3O3. The van der Waals surface area contributed by atoms with Crippen molar-refractivity contribution in [2.45, 2.75) is 12.5 Å². The molecule has 1 rings (SSSR count). The number of benzene rings is 1. The first-order valence-corrected chi connectivity index (χ1v) is 6.55. The SMILES string of the molecule is CN(C)CC(C)(O)CNc1cc(Br)ccc1[N+](=O)[O-]. The Kier molecular flexibility index (Phi) is 5.28. The number of hydrogen-bond acceptors (Lipinski definition) is 5. The summed E-state index contributed by atoms with van der Waals surface area (Å²) in [4.78, 5) is 12.3. The zero-order chi connectivity index (χ0) is 14.6. The molecule has 0 heterocycles. The summed E-state index contributed by atoms with van der Waals surface area (Å²) in [5.74, 6) is 0. The summed E-state index contributed by atoms with van der Waals surface area (Å²) in [6, 6.07) is 4.66. The average Bonchev–Trinajstić information content (AvgIpc) is 2.24. The van der Waals surface area contributed by atoms with E-state index in [2.05, 4.69) is 21.2 Å². The van der Waals surface area contributed by atoms with Crippen LogP contribution in [0.5, 0.6) is 0 Å². The molecular weight excluding hydrogens is 314 g/mol. The fourth-order valence-electron chi connectivity index (χ4n) is 1.83. The maximum absolute atomic E-state index is 10.9. The Labute approximate surface area is 120 Å². The molecule has 0 aliphatic rings. The van der Waals surface area contributed by atoms with Crippen molar-refractivity contribution >= 4 is 27.3 Å². The predicted molar refractivity (Wildman–Crippen MR) is 78.5 cm³/mol. The number of nitrogens with zero attached hydrogens (tertiary/aromatic N) is 2. The molecule has 19 heavy (non-hydrogen) atoms. The molecule has 0 aliphatic heterocycles. The van der Waals surface area contributed by atoms with Crippen LogP contribution in [0.15, 0.2) is 22.7 Å². The summed E-state index contributed by atoms with van der Waals surface area (Å²) >= 11 is 3.27. The van der Waals surface area contributed by atoms with Crippen molar-refractivity contribution in [2.24, 2.45) is 0 Å². The molecule has 0 saturated carbocycles. The van der Waals surface area contributed by atoms with Crippen LogP contribution in [-0.2, 0) is 0 Å². The molecule has 1 aromatic carbocycles. The topological polar surface area (TPSA) is 78.6 Å². The van der Waals surface area contributed by atoms with Crippen molar-refractivity contribution < 1.29 is 10.0 Å². The first-order chi connectivity index (χ1) is 8.71. The van der Waals surface area contributed by atoms with Crippen LogP contribution in [0.3, 0.4) is 0 Å². The van der Waals surface area contributed by atoms with Crippen LogP contribution in [0, 0.1) is 10.1 Å². The highest BCUT2D eigenvalue weighted by atomic mass is 79.9. The molecule has 7 heteroatoms. The first-order valence-electron chi connectivity index (χ1n) is 5.76. The lowest BCUT2D eigenvalue weighted by atomic mass is 10.1. The van der Waals surface area contributed by atoms with Crippen LogP contribution in [0.25, 0.3) is 0 Å². The summed E-state index contributed by atoms with van der Waals surface area (Å²) in [5.41, 5.74) is -0.595. The first kappa shape index (κ1) is 15.9. The quantitative estimate of drug-likeness (QED) is 0.616. The van der Waals surface area contributed by atoms with E-state index < -0.39 is 10.5 Å². The minimum Gasteiger partial charge on any atom is -0.387 e. The summed E-state index contributed by atoms with van der Waals surface area (Å²) in [6.45, 7) is 2.37. The van der Waals surface area contributed by atoms with Gasteiger partial charge in [0, 0.05) is 23.6 Å². The van der Waals surface area contributed by atoms with Crippen molar-refractivity contribution in [3.8, 4) is 0 Å². The van der Waals surface area contributed by atoms with E-state index in [0.717, 1.165) is 4.47 Å². The highest BCUT2D eigenvalue weighted by molar-refractivity contribution is 9.10. The van der Waals surface area contributed by atoms with Gasteiger partial charge < -0.3 is 15.3 Å². The Bertz CT molecular complexity index is 464. The van der Waals surface area contributed by atoms with E-state index in [0.29, 0.717) is 12.2 Å². The second-order valence-electron chi connectivity index (χ2n) is 5.01. The van der Waals surface area contributed by atoms with Gasteiger partial charge in [-0.2, -0.15) is 0 Å². The Hall–Kier alpha value is -1.18. The van der Waals surface area contributed by atoms with Crippen LogP contribution >= 0.6 is 15.9 Å². The zero-order valence-electron chi connectivity index (χ0n) is 11.2. The predicted octanol–water partition coefficient (Wildman–Crippen LogP) is 2.08. The summed E-state index contributed by atoms with van der Waals surface area (Å²) < 4.78 is 0.743. The molecule has 0 amide bonds. The Morgan fingerprint density at radius 3 is 2.68 bits per heavy atom. The molecule has 0 radical (unpaired) electrons. The molecule has 0 spiro atoms. The van der Waals surface area contributed by atoms with E-state index in [1.54, 1.807) is 19.1 Å². The molecule has 0 saturated heterocycles. The number of anilines is 1. The van der Waals surface area contributed by atoms with Gasteiger partial charge in [-0.05, 0) is 33.2 Å². The Morgan fingerprint density at radius 2 is 2.16 bits per heavy atom. The molecule has 1 unspecified atom stereocenters. The molecule has 0 bridgehead atoms. The number of aliphatic hydroxyl groups is 1. The fraction of sp³-hybridized carbons (Fsp3) is 0.500. The second-order valence-corrected chi connectivity index (χ2v) is 5.92. The van der Waals surface area contributed by atoms with Gasteiger partial charge in [0.1, 0.15) is 5.69 Å². The van der Waals surface area contributed by atoms with E-state index in [1.807, 2.05) is 19.0 Å². The van der Waals surface area contributed by atoms with Crippen LogP contribution in [0.1, 0.15) is 6.92 Å². The second kappa shape index (κ2) is 6.31. The minimum absolute atomic E-state index is 0.0103. The van der Waals surface area contributed by atoms with Crippen LogP contribution in [0.2, 0.25) is 0 Å². The molecule has 2 N–H and O–H groups in total. The van der Waals surface area contributed by atoms with Crippen LogP contribution in [-0.4, -0.2) is 47.7 Å². The summed E-state index contributed by atoms with van der Waals surface area (Å²) in [5, 5.41) is 24.0. The molecule has 106 valence electrons. The molecule has 0 fully saturated rings. The monoisotopic (exact) mass is 331 g/mol. The lowest BCUT2D eigenvalue weighted by Gasteiger charge is -2.27. The van der Waals surface area contributed by atoms with Gasteiger partial charge in [-0.1, -0.05) is 15.9 Å². The van der Waals surface area contributed by atoms with E-state index in [-0.39, 0.29) is 12.2 Å². The number of nitro groups is 1. The largest absolute Gasteiger partial charge is 0.387 e. The summed E-state index contributed by atoms with van der Waals surface area (Å²) in [6.07, 6.45) is 0. The Morgan fingerprint density at radius 1 is 1.53 bits per heavy atom. The normalized spacial score (nSPS) is 14.2. The van der Waals surface area contributed by atoms with Crippen LogP contribution < -0.4 is 5.32 Å². The zero-order valence-corrected chi connectivity index (χ0v) is 12.8. The number of halogens is 1. The Balaban J connectivity index is 2.82. The van der Waals surface area contributed by atoms with Gasteiger partial charge in [-0.3, -0.25) is 10.1 Å². The van der Waals surface area contributed by atoms with Crippen molar-refractivity contribution in [2.75, 3.05) is 32.5 Å². The average molecular weight is 332 g/mol. The van der Waals surface area contributed by atoms with Gasteiger partial charge in [0.05, 0.1) is 10.5 Å². The van der Waals surface area contributed by atoms with E-state index in [4.69, 9.17) is 0 Å². The van der Waals surface area contributed by atoms with Crippen molar-refractivity contribution in [1.82, 2.24) is 4.90 Å². The van der Waals surface area contributed by atoms with Crippen molar-refractivity contribution in [3.63, 3.8) is 0 Å². The molecule has 0 aliphatic carbocycles. The lowest BCUT2D eigenvalue weighted by molar-refractivity contribution is -0.384. The molecule has 0 aromatic heterocycles. The number of hydrogen-bond donors (Lipinski definition) is 2. The molecule has 1 atom stereocenters. The highest BCUT2D eigenvalue weighted by Gasteiger charge is 2.23. The van der Waals surface area contributed by atoms with Gasteiger partial charge in [-0.25, -0.2) is 0 Å². The van der Waals surface area contributed by atoms with Gasteiger partial charge in [-0.15, -0.1) is 0 Å². The van der Waals surface area contributed by atoms with Gasteiger partial charge in [0.2, 0.25) is 0 Å². The van der Waals surface area contributed by atoms with E-state index in [9.17, 15) is 15.2 Å². The third kappa shape index (κ3) is 5.14. The maximum atomic E-state index is 10.9. The van der Waals surface area contributed by atoms with E-state index >= 15 is 0 Å². The standard InChI is InChI=1S/C12H18BrN3O3/c1-12(17,8-15(2)3)7-14-10-6-9(13)4-5-11(10)16(18)19/h4-6,14,17H,7-8H2,1-3H3. The number of likely N-dealkylation sites (N-methyl/N-ethyl adjacent to an activating group) is 1. The lowest BCUT2D eigenvalue weighted by Crippen LogP contribution is -2.43. The maximum Gasteiger partial charge on any atom is 0.292 e. The number of rotatable bonds is 6. The number of nitro benzene ring substituents is 1. The smallest absolute Gasteiger partial charge is 0.292 e. The minimum atomic E-state index is -0.973. The van der Waals surface area contributed by atoms with Crippen molar-refractivity contribution in [1.29, 1.82) is 0 Å². The van der Waals surface area contributed by atoms with Crippen molar-refractivity contribution in [3.05, 3.63) is 32.8 Å². The summed E-state index contributed by atoms with van der Waals surface area (Å²) in [7, 11) is 3.71. The molecule has 1 aromatic rings. The molecule has 6 nitrogen and oxygen atoms in total. The number of nitrogens with one attached hydrogen (secondary N) is 1. The van der Waals surface area contributed by atoms with Crippen LogP contribution in [0.4, 0.5) is 11.4 Å². The third-order valence-electron chi connectivity index (χ3n) is 2.47. The highest BCUT2D eigenvalue weighted by Crippen LogP contribution is 2.28. The van der Waals surface area contributed by atoms with Gasteiger partial charge in [0.15, 0.2) is 0 Å². The van der Waals surface area contributed by atoms with E-state index in [1.165, 1.54) is 6.07 Å². The fourth-order valence-corrected chi connectivity index (χ4v) is 2.19. The third-order valence-corrected chi connectivity index (χ3v) is 2.97. The van der Waals surface area contributed by atoms with Gasteiger partial charge in [0.25, 0.3) is 5.69 Å².